The van der Waals surface area contributed by atoms with Gasteiger partial charge in [-0.05, 0) is 6.07 Å². The molecule has 0 spiro atoms. The van der Waals surface area contributed by atoms with Crippen LogP contribution in [-0.2, 0) is 16.1 Å². The van der Waals surface area contributed by atoms with Gasteiger partial charge >= 0.3 is 6.09 Å². The van der Waals surface area contributed by atoms with Gasteiger partial charge in [-0.3, -0.25) is 14.6 Å². The van der Waals surface area contributed by atoms with E-state index in [-0.39, 0.29) is 18.0 Å². The van der Waals surface area contributed by atoms with E-state index >= 15 is 0 Å². The zero-order valence-electron chi connectivity index (χ0n) is 13.5. The van der Waals surface area contributed by atoms with Gasteiger partial charge in [-0.15, -0.1) is 0 Å². The van der Waals surface area contributed by atoms with Crippen LogP contribution in [0.4, 0.5) is 4.79 Å². The maximum atomic E-state index is 12.7. The van der Waals surface area contributed by atoms with E-state index in [9.17, 15) is 9.59 Å². The van der Waals surface area contributed by atoms with Crippen LogP contribution in [0.5, 0.6) is 5.75 Å². The van der Waals surface area contributed by atoms with Crippen LogP contribution < -0.4 is 4.74 Å². The fraction of sp³-hybridized carbons (Fsp3) is 0.529. The third kappa shape index (κ3) is 2.91. The predicted octanol–water partition coefficient (Wildman–Crippen LogP) is 0.544. The third-order valence-corrected chi connectivity index (χ3v) is 4.86. The minimum absolute atomic E-state index is 0.00314. The van der Waals surface area contributed by atoms with Crippen molar-refractivity contribution in [2.45, 2.75) is 12.6 Å². The molecule has 0 unspecified atom stereocenters. The van der Waals surface area contributed by atoms with E-state index in [0.717, 1.165) is 17.9 Å². The first-order valence-electron chi connectivity index (χ1n) is 8.35. The van der Waals surface area contributed by atoms with E-state index in [1.165, 1.54) is 0 Å². The first-order valence-corrected chi connectivity index (χ1v) is 8.35. The highest BCUT2D eigenvalue weighted by Crippen LogP contribution is 2.23. The van der Waals surface area contributed by atoms with Crippen LogP contribution in [0.25, 0.3) is 0 Å². The summed E-state index contributed by atoms with van der Waals surface area (Å²) in [5, 5.41) is 0. The van der Waals surface area contributed by atoms with Crippen LogP contribution in [-0.4, -0.2) is 78.7 Å². The minimum Gasteiger partial charge on any atom is -0.492 e. The summed E-state index contributed by atoms with van der Waals surface area (Å²) < 4.78 is 10.8. The number of carbonyl (C=O) groups excluding carboxylic acids is 2. The number of rotatable bonds is 2. The van der Waals surface area contributed by atoms with E-state index in [0.29, 0.717) is 45.9 Å². The van der Waals surface area contributed by atoms with Crippen LogP contribution in [0, 0.1) is 0 Å². The number of carbonyl (C=O) groups is 2. The molecule has 7 heteroatoms. The van der Waals surface area contributed by atoms with Gasteiger partial charge in [-0.1, -0.05) is 18.2 Å². The number of cyclic esters (lactones) is 1. The highest BCUT2D eigenvalue weighted by molar-refractivity contribution is 5.79. The Hall–Kier alpha value is -2.28. The number of amides is 2. The summed E-state index contributed by atoms with van der Waals surface area (Å²) in [5.74, 6) is 1.01. The van der Waals surface area contributed by atoms with E-state index in [4.69, 9.17) is 9.47 Å². The van der Waals surface area contributed by atoms with E-state index in [1.807, 2.05) is 29.2 Å². The Balaban J connectivity index is 1.37. The SMILES string of the molecule is O=C(CN1CCOc2ccccc2C1)N1CCN2C(=O)OC[C@@H]2C1. The second-order valence-corrected chi connectivity index (χ2v) is 6.43. The summed E-state index contributed by atoms with van der Waals surface area (Å²) in [6, 6.07) is 7.96. The number of benzene rings is 1. The molecule has 128 valence electrons. The molecule has 24 heavy (non-hydrogen) atoms. The molecule has 0 aromatic heterocycles. The molecule has 3 aliphatic heterocycles. The van der Waals surface area contributed by atoms with Gasteiger partial charge in [0.05, 0.1) is 12.6 Å². The Kier molecular flexibility index (Phi) is 4.02. The number of para-hydroxylation sites is 1. The molecule has 3 heterocycles. The summed E-state index contributed by atoms with van der Waals surface area (Å²) in [4.78, 5) is 29.9. The lowest BCUT2D eigenvalue weighted by atomic mass is 10.2. The molecule has 0 bridgehead atoms. The summed E-state index contributed by atoms with van der Waals surface area (Å²) in [5.41, 5.74) is 1.11. The highest BCUT2D eigenvalue weighted by atomic mass is 16.6. The van der Waals surface area contributed by atoms with Gasteiger partial charge in [0, 0.05) is 38.3 Å². The van der Waals surface area contributed by atoms with Gasteiger partial charge in [0.15, 0.2) is 0 Å². The second kappa shape index (κ2) is 6.32. The molecular formula is C17H21N3O4. The van der Waals surface area contributed by atoms with Gasteiger partial charge in [0.1, 0.15) is 19.0 Å². The largest absolute Gasteiger partial charge is 0.492 e. The van der Waals surface area contributed by atoms with E-state index in [1.54, 1.807) is 4.90 Å². The molecule has 0 N–H and O–H groups in total. The maximum absolute atomic E-state index is 12.7. The van der Waals surface area contributed by atoms with Crippen molar-refractivity contribution in [2.24, 2.45) is 0 Å². The minimum atomic E-state index is -0.256. The monoisotopic (exact) mass is 331 g/mol. The summed E-state index contributed by atoms with van der Waals surface area (Å²) >= 11 is 0. The Morgan fingerprint density at radius 2 is 2.04 bits per heavy atom. The molecule has 1 aromatic rings. The Labute approximate surface area is 140 Å². The van der Waals surface area contributed by atoms with Crippen LogP contribution in [0.2, 0.25) is 0 Å². The van der Waals surface area contributed by atoms with Gasteiger partial charge < -0.3 is 14.4 Å². The Morgan fingerprint density at radius 1 is 1.17 bits per heavy atom. The molecule has 0 aliphatic carbocycles. The topological polar surface area (TPSA) is 62.3 Å². The lowest BCUT2D eigenvalue weighted by molar-refractivity contribution is -0.134. The normalized spacial score (nSPS) is 23.8. The molecule has 1 atom stereocenters. The first-order chi connectivity index (χ1) is 11.7. The molecule has 2 amide bonds. The lowest BCUT2D eigenvalue weighted by Gasteiger charge is -2.36. The average Bonchev–Trinajstić information content (AvgIpc) is 2.84. The summed E-state index contributed by atoms with van der Waals surface area (Å²) in [6.45, 7) is 4.48. The van der Waals surface area contributed by atoms with Gasteiger partial charge in [0.2, 0.25) is 5.91 Å². The van der Waals surface area contributed by atoms with Crippen molar-refractivity contribution in [1.82, 2.24) is 14.7 Å². The highest BCUT2D eigenvalue weighted by Gasteiger charge is 2.38. The second-order valence-electron chi connectivity index (χ2n) is 6.43. The molecule has 0 radical (unpaired) electrons. The molecule has 3 aliphatic rings. The van der Waals surface area contributed by atoms with Crippen molar-refractivity contribution < 1.29 is 19.1 Å². The number of hydrogen-bond acceptors (Lipinski definition) is 5. The fourth-order valence-corrected chi connectivity index (χ4v) is 3.52. The van der Waals surface area contributed by atoms with Crippen molar-refractivity contribution >= 4 is 12.0 Å². The van der Waals surface area contributed by atoms with Crippen molar-refractivity contribution in [3.63, 3.8) is 0 Å². The predicted molar refractivity (Wildman–Crippen MR) is 85.6 cm³/mol. The first kappa shape index (κ1) is 15.3. The maximum Gasteiger partial charge on any atom is 0.410 e. The quantitative estimate of drug-likeness (QED) is 0.792. The number of piperazine rings is 1. The molecular weight excluding hydrogens is 310 g/mol. The Bertz CT molecular complexity index is 650. The standard InChI is InChI=1S/C17H21N3O4/c21-16(19-5-6-20-14(10-19)12-24-17(20)22)11-18-7-8-23-15-4-2-1-3-13(15)9-18/h1-4,14H,5-12H2/t14-/m0/s1. The molecule has 1 aromatic carbocycles. The number of fused-ring (bicyclic) bond motifs is 2. The third-order valence-electron chi connectivity index (χ3n) is 4.86. The van der Waals surface area contributed by atoms with Crippen LogP contribution in [0.3, 0.4) is 0 Å². The van der Waals surface area contributed by atoms with Crippen molar-refractivity contribution in [2.75, 3.05) is 45.9 Å². The van der Waals surface area contributed by atoms with Crippen LogP contribution >= 0.6 is 0 Å². The van der Waals surface area contributed by atoms with E-state index in [2.05, 4.69) is 4.90 Å². The molecule has 7 nitrogen and oxygen atoms in total. The summed E-state index contributed by atoms with van der Waals surface area (Å²) in [6.07, 6.45) is -0.256. The number of nitrogens with zero attached hydrogens (tertiary/aromatic N) is 3. The van der Waals surface area contributed by atoms with Gasteiger partial charge in [-0.2, -0.15) is 0 Å². The fourth-order valence-electron chi connectivity index (χ4n) is 3.52. The smallest absolute Gasteiger partial charge is 0.410 e. The molecule has 2 saturated heterocycles. The lowest BCUT2D eigenvalue weighted by Crippen LogP contribution is -2.55. The van der Waals surface area contributed by atoms with Crippen molar-refractivity contribution in [3.05, 3.63) is 29.8 Å². The number of hydrogen-bond donors (Lipinski definition) is 0. The van der Waals surface area contributed by atoms with Crippen LogP contribution in [0.1, 0.15) is 5.56 Å². The van der Waals surface area contributed by atoms with Gasteiger partial charge in [0.25, 0.3) is 0 Å². The molecule has 2 fully saturated rings. The molecule has 0 saturated carbocycles. The van der Waals surface area contributed by atoms with Gasteiger partial charge in [-0.25, -0.2) is 4.79 Å². The molecule has 4 rings (SSSR count). The zero-order valence-corrected chi connectivity index (χ0v) is 13.5. The van der Waals surface area contributed by atoms with Crippen molar-refractivity contribution in [1.29, 1.82) is 0 Å². The zero-order chi connectivity index (χ0) is 16.5. The van der Waals surface area contributed by atoms with Crippen molar-refractivity contribution in [3.8, 4) is 5.75 Å². The number of ether oxygens (including phenoxy) is 2. The van der Waals surface area contributed by atoms with Crippen LogP contribution in [0.15, 0.2) is 24.3 Å². The summed E-state index contributed by atoms with van der Waals surface area (Å²) in [7, 11) is 0. The van der Waals surface area contributed by atoms with E-state index < -0.39 is 0 Å². The Morgan fingerprint density at radius 3 is 2.96 bits per heavy atom. The average molecular weight is 331 g/mol.